The zero-order valence-corrected chi connectivity index (χ0v) is 22.4. The number of carbonyl (C=O) groups is 2. The van der Waals surface area contributed by atoms with Crippen molar-refractivity contribution in [1.82, 2.24) is 24.5 Å². The van der Waals surface area contributed by atoms with Gasteiger partial charge >= 0.3 is 0 Å². The topological polar surface area (TPSA) is 105 Å². The largest absolute Gasteiger partial charge is 0.350 e. The molecular formula is C32H29N7O2. The number of fused-ring (bicyclic) bond motifs is 1. The average Bonchev–Trinajstić information content (AvgIpc) is 3.41. The van der Waals surface area contributed by atoms with Gasteiger partial charge in [-0.2, -0.15) is 5.10 Å². The molecule has 1 aliphatic rings. The van der Waals surface area contributed by atoms with Crippen LogP contribution in [-0.4, -0.2) is 55.4 Å². The Morgan fingerprint density at radius 3 is 2.59 bits per heavy atom. The number of rotatable bonds is 7. The molecular weight excluding hydrogens is 514 g/mol. The Kier molecular flexibility index (Phi) is 7.23. The second kappa shape index (κ2) is 11.4. The van der Waals surface area contributed by atoms with E-state index in [1.54, 1.807) is 30.5 Å². The van der Waals surface area contributed by atoms with Crippen LogP contribution in [0, 0.1) is 0 Å². The molecule has 2 aromatic carbocycles. The minimum atomic E-state index is -0.293. The van der Waals surface area contributed by atoms with Gasteiger partial charge in [0, 0.05) is 48.3 Å². The number of aromatic nitrogens is 4. The number of likely N-dealkylation sites (tertiary alicyclic amines) is 1. The highest BCUT2D eigenvalue weighted by Gasteiger charge is 2.25. The molecule has 2 N–H and O–H groups in total. The molecule has 0 radical (unpaired) electrons. The van der Waals surface area contributed by atoms with E-state index < -0.39 is 0 Å². The van der Waals surface area contributed by atoms with Crippen molar-refractivity contribution in [2.75, 3.05) is 23.7 Å². The third-order valence-corrected chi connectivity index (χ3v) is 7.13. The van der Waals surface area contributed by atoms with Crippen molar-refractivity contribution in [3.8, 4) is 22.5 Å². The summed E-state index contributed by atoms with van der Waals surface area (Å²) < 4.78 is 1.87. The summed E-state index contributed by atoms with van der Waals surface area (Å²) in [6, 6.07) is 24.9. The highest BCUT2D eigenvalue weighted by molar-refractivity contribution is 6.00. The van der Waals surface area contributed by atoms with Gasteiger partial charge in [0.25, 0.3) is 5.91 Å². The Morgan fingerprint density at radius 1 is 0.976 bits per heavy atom. The van der Waals surface area contributed by atoms with Crippen LogP contribution in [0.4, 0.5) is 11.6 Å². The zero-order chi connectivity index (χ0) is 28.2. The molecule has 2 amide bonds. The number of benzene rings is 2. The van der Waals surface area contributed by atoms with E-state index in [-0.39, 0.29) is 17.9 Å². The predicted octanol–water partition coefficient (Wildman–Crippen LogP) is 5.30. The number of hydrogen-bond acceptors (Lipinski definition) is 6. The maximum atomic E-state index is 13.2. The number of nitrogens with zero attached hydrogens (tertiary/aromatic N) is 5. The Morgan fingerprint density at radius 2 is 1.78 bits per heavy atom. The lowest BCUT2D eigenvalue weighted by Crippen LogP contribution is -2.45. The Labute approximate surface area is 237 Å². The number of hydrogen-bond donors (Lipinski definition) is 2. The second-order valence-corrected chi connectivity index (χ2v) is 9.89. The Bertz CT molecular complexity index is 1710. The normalized spacial score (nSPS) is 14.9. The van der Waals surface area contributed by atoms with Gasteiger partial charge in [-0.3, -0.25) is 9.59 Å². The van der Waals surface area contributed by atoms with E-state index in [2.05, 4.69) is 22.2 Å². The van der Waals surface area contributed by atoms with Gasteiger partial charge in [0.05, 0.1) is 16.8 Å². The third kappa shape index (κ3) is 5.56. The van der Waals surface area contributed by atoms with E-state index in [0.717, 1.165) is 40.9 Å². The minimum Gasteiger partial charge on any atom is -0.350 e. The van der Waals surface area contributed by atoms with Crippen LogP contribution < -0.4 is 10.6 Å². The van der Waals surface area contributed by atoms with E-state index in [1.165, 1.54) is 6.08 Å². The molecule has 6 rings (SSSR count). The number of anilines is 2. The monoisotopic (exact) mass is 543 g/mol. The van der Waals surface area contributed by atoms with Gasteiger partial charge in [0.15, 0.2) is 0 Å². The molecule has 9 nitrogen and oxygen atoms in total. The van der Waals surface area contributed by atoms with Crippen molar-refractivity contribution < 1.29 is 9.59 Å². The van der Waals surface area contributed by atoms with Crippen molar-refractivity contribution >= 4 is 29.0 Å². The fourth-order valence-electron chi connectivity index (χ4n) is 5.15. The van der Waals surface area contributed by atoms with Crippen LogP contribution >= 0.6 is 0 Å². The predicted molar refractivity (Wildman–Crippen MR) is 159 cm³/mol. The van der Waals surface area contributed by atoms with Gasteiger partial charge in [-0.25, -0.2) is 14.5 Å². The highest BCUT2D eigenvalue weighted by Crippen LogP contribution is 2.34. The first kappa shape index (κ1) is 25.9. The lowest BCUT2D eigenvalue weighted by Gasteiger charge is -2.33. The number of pyridine rings is 1. The van der Waals surface area contributed by atoms with E-state index in [1.807, 2.05) is 70.2 Å². The van der Waals surface area contributed by atoms with Crippen LogP contribution in [0.5, 0.6) is 0 Å². The Hall–Kier alpha value is -5.31. The van der Waals surface area contributed by atoms with Crippen molar-refractivity contribution in [2.24, 2.45) is 0 Å². The molecule has 0 unspecified atom stereocenters. The van der Waals surface area contributed by atoms with Crippen LogP contribution in [0.2, 0.25) is 0 Å². The smallest absolute Gasteiger partial charge is 0.253 e. The first-order valence-electron chi connectivity index (χ1n) is 13.5. The van der Waals surface area contributed by atoms with Crippen molar-refractivity contribution in [3.05, 3.63) is 109 Å². The molecule has 1 aliphatic heterocycles. The zero-order valence-electron chi connectivity index (χ0n) is 22.4. The molecule has 1 fully saturated rings. The number of piperidine rings is 1. The number of carbonyl (C=O) groups excluding carboxylic acids is 2. The summed E-state index contributed by atoms with van der Waals surface area (Å²) in [5, 5.41) is 11.0. The molecule has 1 saturated heterocycles. The molecule has 0 bridgehead atoms. The minimum absolute atomic E-state index is 0.00611. The quantitative estimate of drug-likeness (QED) is 0.270. The molecule has 5 aromatic rings. The summed E-state index contributed by atoms with van der Waals surface area (Å²) in [7, 11) is 0. The summed E-state index contributed by atoms with van der Waals surface area (Å²) >= 11 is 0. The van der Waals surface area contributed by atoms with Crippen molar-refractivity contribution in [1.29, 1.82) is 0 Å². The Balaban J connectivity index is 1.21. The van der Waals surface area contributed by atoms with Crippen LogP contribution in [0.3, 0.4) is 0 Å². The van der Waals surface area contributed by atoms with E-state index >= 15 is 0 Å². The van der Waals surface area contributed by atoms with Crippen molar-refractivity contribution in [2.45, 2.75) is 18.9 Å². The lowest BCUT2D eigenvalue weighted by atomic mass is 10.0. The highest BCUT2D eigenvalue weighted by atomic mass is 16.2. The van der Waals surface area contributed by atoms with Gasteiger partial charge in [-0.1, -0.05) is 43.0 Å². The summed E-state index contributed by atoms with van der Waals surface area (Å²) in [4.78, 5) is 36.0. The van der Waals surface area contributed by atoms with Gasteiger partial charge in [-0.05, 0) is 61.4 Å². The van der Waals surface area contributed by atoms with Gasteiger partial charge in [-0.15, -0.1) is 0 Å². The molecule has 0 saturated carbocycles. The standard InChI is InChI=1S/C32H29N7O2/c1-2-28(40)34-24-15-13-23(14-16-24)31(41)38-19-8-11-25(21-38)35-32-33-18-17-26(36-32)29-27-12-6-7-20-39(27)37-30(29)22-9-4-3-5-10-22/h2-7,9-10,12-18,20,25H,1,8,11,19,21H2,(H,34,40)(H,33,35,36)/t25-/m0/s1. The fraction of sp³-hybridized carbons (Fsp3) is 0.156. The third-order valence-electron chi connectivity index (χ3n) is 7.13. The molecule has 0 aliphatic carbocycles. The maximum Gasteiger partial charge on any atom is 0.253 e. The molecule has 204 valence electrons. The van der Waals surface area contributed by atoms with Crippen molar-refractivity contribution in [3.63, 3.8) is 0 Å². The van der Waals surface area contributed by atoms with Gasteiger partial charge in [0.2, 0.25) is 11.9 Å². The number of nitrogens with one attached hydrogen (secondary N) is 2. The molecule has 3 aromatic heterocycles. The van der Waals surface area contributed by atoms with Crippen LogP contribution in [0.25, 0.3) is 28.0 Å². The fourth-order valence-corrected chi connectivity index (χ4v) is 5.15. The van der Waals surface area contributed by atoms with E-state index in [4.69, 9.17) is 10.1 Å². The SMILES string of the molecule is C=CC(=O)Nc1ccc(C(=O)N2CCC[C@H](Nc3nccc(-c4c(-c5ccccc5)nn5ccccc45)n3)C2)cc1. The molecule has 4 heterocycles. The first-order valence-corrected chi connectivity index (χ1v) is 13.5. The van der Waals surface area contributed by atoms with Gasteiger partial charge < -0.3 is 15.5 Å². The molecule has 9 heteroatoms. The van der Waals surface area contributed by atoms with Crippen LogP contribution in [0.1, 0.15) is 23.2 Å². The number of amides is 2. The average molecular weight is 544 g/mol. The van der Waals surface area contributed by atoms with Gasteiger partial charge in [0.1, 0.15) is 5.69 Å². The summed E-state index contributed by atoms with van der Waals surface area (Å²) in [6.07, 6.45) is 6.66. The molecule has 1 atom stereocenters. The maximum absolute atomic E-state index is 13.2. The van der Waals surface area contributed by atoms with E-state index in [0.29, 0.717) is 30.3 Å². The first-order chi connectivity index (χ1) is 20.1. The molecule has 41 heavy (non-hydrogen) atoms. The second-order valence-electron chi connectivity index (χ2n) is 9.89. The molecule has 0 spiro atoms. The summed E-state index contributed by atoms with van der Waals surface area (Å²) in [6.45, 7) is 4.67. The van der Waals surface area contributed by atoms with Crippen LogP contribution in [-0.2, 0) is 4.79 Å². The van der Waals surface area contributed by atoms with E-state index in [9.17, 15) is 9.59 Å². The van der Waals surface area contributed by atoms with Crippen LogP contribution in [0.15, 0.2) is 104 Å². The lowest BCUT2D eigenvalue weighted by molar-refractivity contribution is -0.111. The summed E-state index contributed by atoms with van der Waals surface area (Å²) in [5.41, 5.74) is 5.72. The summed E-state index contributed by atoms with van der Waals surface area (Å²) in [5.74, 6) is 0.170.